The summed E-state index contributed by atoms with van der Waals surface area (Å²) in [5.41, 5.74) is -0.622. The third-order valence-electron chi connectivity index (χ3n) is 3.82. The quantitative estimate of drug-likeness (QED) is 0.314. The van der Waals surface area contributed by atoms with E-state index < -0.39 is 23.1 Å². The fourth-order valence-electron chi connectivity index (χ4n) is 2.64. The van der Waals surface area contributed by atoms with Gasteiger partial charge in [0.25, 0.3) is 0 Å². The van der Waals surface area contributed by atoms with Gasteiger partial charge in [0.1, 0.15) is 5.69 Å². The molecule has 11 heteroatoms. The van der Waals surface area contributed by atoms with Crippen LogP contribution in [0.15, 0.2) is 40.5 Å². The second-order valence-corrected chi connectivity index (χ2v) is 6.59. The van der Waals surface area contributed by atoms with Gasteiger partial charge < -0.3 is 0 Å². The van der Waals surface area contributed by atoms with Gasteiger partial charge in [-0.15, -0.1) is 6.42 Å². The molecule has 0 spiro atoms. The average Bonchev–Trinajstić information content (AvgIpc) is 3.11. The topological polar surface area (TPSA) is 88.8 Å². The first-order valence-electron chi connectivity index (χ1n) is 8.01. The molecule has 0 aliphatic rings. The van der Waals surface area contributed by atoms with Crippen LogP contribution in [-0.2, 0) is 0 Å². The van der Waals surface area contributed by atoms with Gasteiger partial charge in [-0.2, -0.15) is 9.61 Å². The van der Waals surface area contributed by atoms with Gasteiger partial charge in [0.2, 0.25) is 0 Å². The number of aromatic amines is 1. The third-order valence-corrected chi connectivity index (χ3v) is 4.59. The molecular weight excluding hydrogens is 405 g/mol. The predicted molar refractivity (Wildman–Crippen MR) is 99.5 cm³/mol. The van der Waals surface area contributed by atoms with Crippen LogP contribution in [0.1, 0.15) is 0 Å². The molecule has 0 aliphatic carbocycles. The number of terminal acetylenes is 1. The molecule has 0 fully saturated rings. The normalized spacial score (nSPS) is 11.0. The Morgan fingerprint density at radius 2 is 1.86 bits per heavy atom. The van der Waals surface area contributed by atoms with Crippen LogP contribution in [-0.4, -0.2) is 35.3 Å². The van der Waals surface area contributed by atoms with Gasteiger partial charge in [0.05, 0.1) is 11.3 Å². The first-order chi connectivity index (χ1) is 14.0. The second kappa shape index (κ2) is 7.40. The first kappa shape index (κ1) is 18.7. The zero-order valence-electron chi connectivity index (χ0n) is 14.4. The predicted octanol–water partition coefficient (Wildman–Crippen LogP) is 2.68. The molecule has 144 valence electrons. The van der Waals surface area contributed by atoms with E-state index in [1.54, 1.807) is 6.07 Å². The number of hydrogen-bond acceptors (Lipinski definition) is 6. The van der Waals surface area contributed by atoms with Crippen LogP contribution in [0, 0.1) is 29.8 Å². The summed E-state index contributed by atoms with van der Waals surface area (Å²) >= 11 is 1.08. The van der Waals surface area contributed by atoms with Crippen molar-refractivity contribution in [3.05, 3.63) is 58.5 Å². The molecule has 4 rings (SSSR count). The standard InChI is InChI=1S/C18H9F3N6OS/c1-2-6-29-17-24-16-12(9-7-10(19)13(21)11(20)8-9)14(15-22-4-3-5-23-15)26-27(16)18(28)25-17/h1,3-5,7-8H,6H2,(H,24,25,28). The average molecular weight is 414 g/mol. The minimum absolute atomic E-state index is 0.0128. The van der Waals surface area contributed by atoms with E-state index in [0.29, 0.717) is 0 Å². The summed E-state index contributed by atoms with van der Waals surface area (Å²) in [6, 6.07) is 3.15. The summed E-state index contributed by atoms with van der Waals surface area (Å²) in [5, 5.41) is 4.34. The van der Waals surface area contributed by atoms with Crippen molar-refractivity contribution in [3.8, 4) is 35.0 Å². The highest BCUT2D eigenvalue weighted by Gasteiger charge is 2.24. The number of nitrogens with zero attached hydrogens (tertiary/aromatic N) is 5. The fourth-order valence-corrected chi connectivity index (χ4v) is 3.18. The number of fused-ring (bicyclic) bond motifs is 1. The Balaban J connectivity index is 2.07. The number of aromatic nitrogens is 6. The van der Waals surface area contributed by atoms with Crippen LogP contribution in [0.4, 0.5) is 13.2 Å². The number of rotatable bonds is 4. The summed E-state index contributed by atoms with van der Waals surface area (Å²) in [4.78, 5) is 27.4. The Morgan fingerprint density at radius 1 is 1.17 bits per heavy atom. The van der Waals surface area contributed by atoms with E-state index in [2.05, 4.69) is 31.0 Å². The van der Waals surface area contributed by atoms with Crippen LogP contribution in [0.25, 0.3) is 28.3 Å². The van der Waals surface area contributed by atoms with Gasteiger partial charge in [0.15, 0.2) is 34.1 Å². The molecule has 0 saturated carbocycles. The number of benzene rings is 1. The van der Waals surface area contributed by atoms with Gasteiger partial charge >= 0.3 is 5.69 Å². The van der Waals surface area contributed by atoms with Crippen molar-refractivity contribution in [1.82, 2.24) is 29.5 Å². The largest absolute Gasteiger partial charge is 0.350 e. The molecule has 0 radical (unpaired) electrons. The third kappa shape index (κ3) is 3.34. The molecular formula is C18H9F3N6OS. The number of nitrogens with one attached hydrogen (secondary N) is 1. The highest BCUT2D eigenvalue weighted by Crippen LogP contribution is 2.34. The van der Waals surface area contributed by atoms with Crippen LogP contribution in [0.3, 0.4) is 0 Å². The molecule has 29 heavy (non-hydrogen) atoms. The Labute approximate surface area is 165 Å². The molecule has 0 amide bonds. The monoisotopic (exact) mass is 414 g/mol. The lowest BCUT2D eigenvalue weighted by molar-refractivity contribution is 0.448. The summed E-state index contributed by atoms with van der Waals surface area (Å²) in [5.74, 6) is -1.68. The molecule has 0 saturated heterocycles. The molecule has 0 unspecified atom stereocenters. The van der Waals surface area contributed by atoms with Crippen molar-refractivity contribution in [2.24, 2.45) is 0 Å². The van der Waals surface area contributed by atoms with Crippen LogP contribution < -0.4 is 5.69 Å². The lowest BCUT2D eigenvalue weighted by Gasteiger charge is -2.05. The lowest BCUT2D eigenvalue weighted by atomic mass is 10.0. The van der Waals surface area contributed by atoms with Crippen LogP contribution in [0.2, 0.25) is 0 Å². The highest BCUT2D eigenvalue weighted by molar-refractivity contribution is 7.99. The van der Waals surface area contributed by atoms with Crippen molar-refractivity contribution in [2.45, 2.75) is 5.16 Å². The maximum Gasteiger partial charge on any atom is 0.350 e. The second-order valence-electron chi connectivity index (χ2n) is 5.63. The SMILES string of the molecule is C#CCSc1nc2c(-c3cc(F)c(F)c(F)c3)c(-c3ncccn3)nn2c(=O)[nH]1. The molecule has 0 atom stereocenters. The van der Waals surface area contributed by atoms with E-state index in [-0.39, 0.29) is 39.2 Å². The van der Waals surface area contributed by atoms with Crippen molar-refractivity contribution in [2.75, 3.05) is 5.75 Å². The first-order valence-corrected chi connectivity index (χ1v) is 8.99. The van der Waals surface area contributed by atoms with Crippen molar-refractivity contribution in [3.63, 3.8) is 0 Å². The van der Waals surface area contributed by atoms with E-state index in [1.165, 1.54) is 12.4 Å². The number of thioether (sulfide) groups is 1. The van der Waals surface area contributed by atoms with E-state index in [4.69, 9.17) is 6.42 Å². The van der Waals surface area contributed by atoms with Gasteiger partial charge in [-0.05, 0) is 23.8 Å². The zero-order chi connectivity index (χ0) is 20.5. The van der Waals surface area contributed by atoms with Gasteiger partial charge in [-0.3, -0.25) is 4.98 Å². The van der Waals surface area contributed by atoms with Gasteiger partial charge in [-0.25, -0.2) is 32.9 Å². The number of halogens is 3. The Kier molecular flexibility index (Phi) is 4.77. The van der Waals surface area contributed by atoms with Crippen molar-refractivity contribution >= 4 is 17.4 Å². The summed E-state index contributed by atoms with van der Waals surface area (Å²) < 4.78 is 42.2. The maximum absolute atomic E-state index is 13.9. The Hall–Kier alpha value is -3.65. The molecule has 3 heterocycles. The fraction of sp³-hybridized carbons (Fsp3) is 0.0556. The van der Waals surface area contributed by atoms with E-state index in [0.717, 1.165) is 28.4 Å². The molecule has 0 bridgehead atoms. The van der Waals surface area contributed by atoms with Crippen molar-refractivity contribution in [1.29, 1.82) is 0 Å². The van der Waals surface area contributed by atoms with E-state index >= 15 is 0 Å². The summed E-state index contributed by atoms with van der Waals surface area (Å²) in [6.07, 6.45) is 8.11. The van der Waals surface area contributed by atoms with Crippen LogP contribution in [0.5, 0.6) is 0 Å². The lowest BCUT2D eigenvalue weighted by Crippen LogP contribution is -2.19. The molecule has 3 aromatic heterocycles. The van der Waals surface area contributed by atoms with Gasteiger partial charge in [-0.1, -0.05) is 17.7 Å². The number of H-pyrrole nitrogens is 1. The zero-order valence-corrected chi connectivity index (χ0v) is 15.2. The smallest absolute Gasteiger partial charge is 0.285 e. The van der Waals surface area contributed by atoms with Crippen molar-refractivity contribution < 1.29 is 13.2 Å². The maximum atomic E-state index is 13.9. The Bertz CT molecular complexity index is 1310. The summed E-state index contributed by atoms with van der Waals surface area (Å²) in [7, 11) is 0. The molecule has 1 N–H and O–H groups in total. The molecule has 0 aliphatic heterocycles. The minimum atomic E-state index is -1.61. The van der Waals surface area contributed by atoms with E-state index in [1.807, 2.05) is 0 Å². The molecule has 4 aromatic rings. The Morgan fingerprint density at radius 3 is 2.52 bits per heavy atom. The molecule has 1 aromatic carbocycles. The minimum Gasteiger partial charge on any atom is -0.285 e. The van der Waals surface area contributed by atoms with Crippen LogP contribution >= 0.6 is 11.8 Å². The van der Waals surface area contributed by atoms with E-state index in [9.17, 15) is 18.0 Å². The number of hydrogen-bond donors (Lipinski definition) is 1. The van der Waals surface area contributed by atoms with Gasteiger partial charge in [0, 0.05) is 12.4 Å². The summed E-state index contributed by atoms with van der Waals surface area (Å²) in [6.45, 7) is 0. The highest BCUT2D eigenvalue weighted by atomic mass is 32.2. The molecule has 7 nitrogen and oxygen atoms in total.